The molecule has 0 aliphatic carbocycles. The SMILES string of the molecule is CCCc1ccc(C(F)(F)F)cc1CN1CC[C@H](C)C[C@@H]1c1ccc(C(F)(F)F)cc1. The van der Waals surface area contributed by atoms with Crippen LogP contribution in [0.2, 0.25) is 0 Å². The molecule has 0 radical (unpaired) electrons. The van der Waals surface area contributed by atoms with Crippen LogP contribution in [0.15, 0.2) is 42.5 Å². The van der Waals surface area contributed by atoms with Crippen LogP contribution in [0.3, 0.4) is 0 Å². The fraction of sp³-hybridized carbons (Fsp3) is 0.500. The van der Waals surface area contributed by atoms with Crippen molar-refractivity contribution in [3.63, 3.8) is 0 Å². The normalized spacial score (nSPS) is 20.8. The number of likely N-dealkylation sites (tertiary alicyclic amines) is 1. The molecule has 0 N–H and O–H groups in total. The number of aryl methyl sites for hydroxylation is 1. The van der Waals surface area contributed by atoms with E-state index in [1.807, 2.05) is 6.92 Å². The highest BCUT2D eigenvalue weighted by Gasteiger charge is 2.34. The van der Waals surface area contributed by atoms with E-state index in [9.17, 15) is 26.3 Å². The highest BCUT2D eigenvalue weighted by molar-refractivity contribution is 5.34. The first-order chi connectivity index (χ1) is 14.5. The first-order valence-corrected chi connectivity index (χ1v) is 10.6. The smallest absolute Gasteiger partial charge is 0.292 e. The minimum Gasteiger partial charge on any atom is -0.292 e. The Labute approximate surface area is 179 Å². The quantitative estimate of drug-likeness (QED) is 0.429. The molecule has 0 bridgehead atoms. The Bertz CT molecular complexity index is 869. The Hall–Kier alpha value is -2.02. The monoisotopic (exact) mass is 443 g/mol. The zero-order chi connectivity index (χ0) is 22.8. The summed E-state index contributed by atoms with van der Waals surface area (Å²) in [5.74, 6) is 0.389. The molecule has 1 heterocycles. The molecule has 0 aromatic heterocycles. The van der Waals surface area contributed by atoms with Crippen LogP contribution in [0.4, 0.5) is 26.3 Å². The summed E-state index contributed by atoms with van der Waals surface area (Å²) in [5, 5.41) is 0. The Morgan fingerprint density at radius 2 is 1.48 bits per heavy atom. The van der Waals surface area contributed by atoms with Crippen molar-refractivity contribution in [1.82, 2.24) is 4.90 Å². The molecule has 0 spiro atoms. The summed E-state index contributed by atoms with van der Waals surface area (Å²) in [6, 6.07) is 8.94. The summed E-state index contributed by atoms with van der Waals surface area (Å²) in [6.45, 7) is 5.11. The maximum atomic E-state index is 13.3. The summed E-state index contributed by atoms with van der Waals surface area (Å²) < 4.78 is 78.7. The van der Waals surface area contributed by atoms with E-state index in [0.717, 1.165) is 48.6 Å². The Morgan fingerprint density at radius 1 is 0.871 bits per heavy atom. The van der Waals surface area contributed by atoms with Crippen LogP contribution in [0, 0.1) is 5.92 Å². The number of alkyl halides is 6. The minimum atomic E-state index is -4.41. The van der Waals surface area contributed by atoms with Gasteiger partial charge in [0.25, 0.3) is 0 Å². The van der Waals surface area contributed by atoms with Gasteiger partial charge in [0.05, 0.1) is 11.1 Å². The van der Waals surface area contributed by atoms with Crippen LogP contribution in [0.25, 0.3) is 0 Å². The number of piperidine rings is 1. The summed E-state index contributed by atoms with van der Waals surface area (Å²) >= 11 is 0. The molecule has 2 aromatic carbocycles. The summed E-state index contributed by atoms with van der Waals surface area (Å²) in [5.41, 5.74) is 0.931. The van der Waals surface area contributed by atoms with E-state index >= 15 is 0 Å². The highest BCUT2D eigenvalue weighted by Crippen LogP contribution is 2.38. The molecule has 170 valence electrons. The van der Waals surface area contributed by atoms with Gasteiger partial charge in [-0.3, -0.25) is 4.90 Å². The maximum Gasteiger partial charge on any atom is 0.416 e. The lowest BCUT2D eigenvalue weighted by Gasteiger charge is -2.39. The third-order valence-corrected chi connectivity index (χ3v) is 6.02. The van der Waals surface area contributed by atoms with E-state index in [-0.39, 0.29) is 6.04 Å². The standard InChI is InChI=1S/C24H27F6N/c1-3-4-17-5-10-21(24(28,29)30)14-19(17)15-31-12-11-16(2)13-22(31)18-6-8-20(9-7-18)23(25,26)27/h5-10,14,16,22H,3-4,11-13,15H2,1-2H3/t16-,22+/m0/s1. The van der Waals surface area contributed by atoms with Gasteiger partial charge in [0.2, 0.25) is 0 Å². The number of benzene rings is 2. The van der Waals surface area contributed by atoms with Crippen molar-refractivity contribution in [3.8, 4) is 0 Å². The van der Waals surface area contributed by atoms with Gasteiger partial charge in [-0.2, -0.15) is 26.3 Å². The van der Waals surface area contributed by atoms with Gasteiger partial charge in [-0.1, -0.05) is 38.5 Å². The Morgan fingerprint density at radius 3 is 2.06 bits per heavy atom. The molecule has 0 saturated carbocycles. The molecule has 1 nitrogen and oxygen atoms in total. The molecule has 1 aliphatic rings. The number of rotatable bonds is 5. The Kier molecular flexibility index (Phi) is 7.04. The number of halogens is 6. The summed E-state index contributed by atoms with van der Waals surface area (Å²) in [6.07, 6.45) is -5.65. The van der Waals surface area contributed by atoms with Gasteiger partial charge in [0, 0.05) is 12.6 Å². The second kappa shape index (κ2) is 9.23. The van der Waals surface area contributed by atoms with E-state index in [1.165, 1.54) is 18.2 Å². The second-order valence-corrected chi connectivity index (χ2v) is 8.47. The zero-order valence-corrected chi connectivity index (χ0v) is 17.7. The highest BCUT2D eigenvalue weighted by atomic mass is 19.4. The lowest BCUT2D eigenvalue weighted by molar-refractivity contribution is -0.138. The Balaban J connectivity index is 1.91. The van der Waals surface area contributed by atoms with E-state index in [1.54, 1.807) is 6.07 Å². The molecule has 2 atom stereocenters. The molecular formula is C24H27F6N. The molecular weight excluding hydrogens is 416 g/mol. The third kappa shape index (κ3) is 5.82. The molecule has 1 saturated heterocycles. The van der Waals surface area contributed by atoms with Crippen molar-refractivity contribution < 1.29 is 26.3 Å². The van der Waals surface area contributed by atoms with E-state index in [0.29, 0.717) is 31.0 Å². The molecule has 0 amide bonds. The van der Waals surface area contributed by atoms with Gasteiger partial charge in [-0.15, -0.1) is 0 Å². The van der Waals surface area contributed by atoms with Crippen LogP contribution >= 0.6 is 0 Å². The number of hydrogen-bond acceptors (Lipinski definition) is 1. The average molecular weight is 443 g/mol. The topological polar surface area (TPSA) is 3.24 Å². The van der Waals surface area contributed by atoms with Crippen LogP contribution in [0.5, 0.6) is 0 Å². The van der Waals surface area contributed by atoms with Crippen molar-refractivity contribution in [3.05, 3.63) is 70.3 Å². The zero-order valence-electron chi connectivity index (χ0n) is 17.7. The number of nitrogens with zero attached hydrogens (tertiary/aromatic N) is 1. The second-order valence-electron chi connectivity index (χ2n) is 8.47. The number of hydrogen-bond donors (Lipinski definition) is 0. The van der Waals surface area contributed by atoms with Gasteiger partial charge >= 0.3 is 12.4 Å². The summed E-state index contributed by atoms with van der Waals surface area (Å²) in [4.78, 5) is 2.11. The fourth-order valence-electron chi connectivity index (χ4n) is 4.30. The lowest BCUT2D eigenvalue weighted by atomic mass is 9.87. The average Bonchev–Trinajstić information content (AvgIpc) is 2.69. The molecule has 31 heavy (non-hydrogen) atoms. The molecule has 7 heteroatoms. The van der Waals surface area contributed by atoms with Crippen molar-refractivity contribution >= 4 is 0 Å². The van der Waals surface area contributed by atoms with Gasteiger partial charge in [0.1, 0.15) is 0 Å². The molecule has 1 aliphatic heterocycles. The van der Waals surface area contributed by atoms with Crippen molar-refractivity contribution in [2.45, 2.75) is 64.5 Å². The van der Waals surface area contributed by atoms with Gasteiger partial charge < -0.3 is 0 Å². The van der Waals surface area contributed by atoms with E-state index < -0.39 is 23.5 Å². The predicted molar refractivity (Wildman–Crippen MR) is 108 cm³/mol. The lowest BCUT2D eigenvalue weighted by Crippen LogP contribution is -2.36. The van der Waals surface area contributed by atoms with Gasteiger partial charge in [-0.25, -0.2) is 0 Å². The third-order valence-electron chi connectivity index (χ3n) is 6.02. The predicted octanol–water partition coefficient (Wildman–Crippen LogP) is 7.65. The van der Waals surface area contributed by atoms with Gasteiger partial charge in [-0.05, 0) is 72.7 Å². The van der Waals surface area contributed by atoms with Crippen LogP contribution in [0.1, 0.15) is 67.0 Å². The van der Waals surface area contributed by atoms with E-state index in [2.05, 4.69) is 11.8 Å². The molecule has 3 rings (SSSR count). The molecule has 1 fully saturated rings. The first-order valence-electron chi connectivity index (χ1n) is 10.6. The van der Waals surface area contributed by atoms with Crippen LogP contribution in [-0.2, 0) is 25.3 Å². The van der Waals surface area contributed by atoms with Crippen LogP contribution < -0.4 is 0 Å². The molecule has 0 unspecified atom stereocenters. The van der Waals surface area contributed by atoms with Gasteiger partial charge in [0.15, 0.2) is 0 Å². The largest absolute Gasteiger partial charge is 0.416 e. The van der Waals surface area contributed by atoms with Crippen molar-refractivity contribution in [1.29, 1.82) is 0 Å². The first kappa shape index (κ1) is 23.6. The molecule has 2 aromatic rings. The van der Waals surface area contributed by atoms with Crippen molar-refractivity contribution in [2.75, 3.05) is 6.54 Å². The van der Waals surface area contributed by atoms with Crippen molar-refractivity contribution in [2.24, 2.45) is 5.92 Å². The minimum absolute atomic E-state index is 0.130. The maximum absolute atomic E-state index is 13.3. The summed E-state index contributed by atoms with van der Waals surface area (Å²) in [7, 11) is 0. The van der Waals surface area contributed by atoms with Crippen LogP contribution in [-0.4, -0.2) is 11.4 Å². The fourth-order valence-corrected chi connectivity index (χ4v) is 4.30. The van der Waals surface area contributed by atoms with E-state index in [4.69, 9.17) is 0 Å².